The number of carbonyl (C=O) groups is 1. The molecule has 1 fully saturated rings. The van der Waals surface area contributed by atoms with Gasteiger partial charge in [-0.25, -0.2) is 0 Å². The normalized spacial score (nSPS) is 13.7. The van der Waals surface area contributed by atoms with E-state index in [4.69, 9.17) is 0 Å². The zero-order valence-corrected chi connectivity index (χ0v) is 21.3. The third-order valence-corrected chi connectivity index (χ3v) is 7.43. The molecule has 6 rings (SSSR count). The average molecular weight is 499 g/mol. The van der Waals surface area contributed by atoms with Crippen LogP contribution in [0.2, 0.25) is 0 Å². The summed E-state index contributed by atoms with van der Waals surface area (Å²) in [4.78, 5) is 17.6. The van der Waals surface area contributed by atoms with Crippen LogP contribution in [0.4, 0.5) is 5.82 Å². The molecule has 0 aliphatic carbocycles. The van der Waals surface area contributed by atoms with Crippen molar-refractivity contribution in [3.63, 3.8) is 0 Å². The molecular weight excluding hydrogens is 468 g/mol. The number of carbonyl (C=O) groups excluding carboxylic acids is 1. The smallest absolute Gasteiger partial charge is 0.223 e. The molecule has 1 aromatic heterocycles. The summed E-state index contributed by atoms with van der Waals surface area (Å²) < 4.78 is 0. The Morgan fingerprint density at radius 3 is 1.92 bits per heavy atom. The Morgan fingerprint density at radius 1 is 0.658 bits per heavy atom. The van der Waals surface area contributed by atoms with Gasteiger partial charge < -0.3 is 9.80 Å². The van der Waals surface area contributed by atoms with E-state index in [9.17, 15) is 4.79 Å². The van der Waals surface area contributed by atoms with Gasteiger partial charge in [0, 0.05) is 44.1 Å². The number of amides is 1. The number of nitrogens with zero attached hydrogens (tertiary/aromatic N) is 4. The molecule has 1 saturated heterocycles. The second-order valence-corrected chi connectivity index (χ2v) is 9.78. The van der Waals surface area contributed by atoms with Crippen molar-refractivity contribution in [1.29, 1.82) is 0 Å². The zero-order chi connectivity index (χ0) is 25.7. The Bertz CT molecular complexity index is 1470. The highest BCUT2D eigenvalue weighted by Gasteiger charge is 2.26. The molecule has 0 saturated carbocycles. The average Bonchev–Trinajstić information content (AvgIpc) is 3.00. The molecule has 4 aromatic carbocycles. The van der Waals surface area contributed by atoms with E-state index in [1.165, 1.54) is 21.9 Å². The molecule has 0 atom stereocenters. The first-order chi connectivity index (χ1) is 18.7. The Kier molecular flexibility index (Phi) is 6.81. The quantitative estimate of drug-likeness (QED) is 0.281. The van der Waals surface area contributed by atoms with Crippen LogP contribution in [0, 0.1) is 0 Å². The van der Waals surface area contributed by atoms with Crippen LogP contribution in [0.1, 0.15) is 23.5 Å². The van der Waals surface area contributed by atoms with Crippen LogP contribution in [-0.2, 0) is 4.79 Å². The first-order valence-electron chi connectivity index (χ1n) is 13.2. The molecule has 5 nitrogen and oxygen atoms in total. The van der Waals surface area contributed by atoms with Crippen molar-refractivity contribution in [3.05, 3.63) is 126 Å². The summed E-state index contributed by atoms with van der Waals surface area (Å²) in [7, 11) is 0. The fourth-order valence-electron chi connectivity index (χ4n) is 5.28. The predicted octanol–water partition coefficient (Wildman–Crippen LogP) is 6.17. The molecule has 0 radical (unpaired) electrons. The Morgan fingerprint density at radius 2 is 1.29 bits per heavy atom. The Labute approximate surface area is 223 Å². The van der Waals surface area contributed by atoms with Crippen molar-refractivity contribution in [2.75, 3.05) is 31.1 Å². The van der Waals surface area contributed by atoms with E-state index < -0.39 is 0 Å². The van der Waals surface area contributed by atoms with Gasteiger partial charge in [0.25, 0.3) is 0 Å². The molecule has 38 heavy (non-hydrogen) atoms. The van der Waals surface area contributed by atoms with E-state index in [1.54, 1.807) is 0 Å². The van der Waals surface area contributed by atoms with E-state index in [0.29, 0.717) is 19.5 Å². The van der Waals surface area contributed by atoms with Crippen molar-refractivity contribution in [2.24, 2.45) is 0 Å². The minimum absolute atomic E-state index is 0.0523. The molecule has 0 bridgehead atoms. The van der Waals surface area contributed by atoms with E-state index in [1.807, 2.05) is 53.4 Å². The minimum atomic E-state index is 0.0523. The monoisotopic (exact) mass is 498 g/mol. The van der Waals surface area contributed by atoms with Gasteiger partial charge in [0.05, 0.1) is 5.69 Å². The highest BCUT2D eigenvalue weighted by molar-refractivity contribution is 5.86. The molecule has 1 aliphatic rings. The Hall–Kier alpha value is -4.51. The van der Waals surface area contributed by atoms with Gasteiger partial charge in [-0.3, -0.25) is 4.79 Å². The number of aromatic nitrogens is 2. The third-order valence-electron chi connectivity index (χ3n) is 7.43. The summed E-state index contributed by atoms with van der Waals surface area (Å²) in [5, 5.41) is 11.5. The molecule has 1 aliphatic heterocycles. The fourth-order valence-corrected chi connectivity index (χ4v) is 5.28. The van der Waals surface area contributed by atoms with Gasteiger partial charge >= 0.3 is 0 Å². The first kappa shape index (κ1) is 23.9. The summed E-state index contributed by atoms with van der Waals surface area (Å²) in [6.45, 7) is 2.86. The van der Waals surface area contributed by atoms with Gasteiger partial charge in [-0.2, -0.15) is 0 Å². The maximum Gasteiger partial charge on any atom is 0.223 e. The van der Waals surface area contributed by atoms with Gasteiger partial charge in [0.15, 0.2) is 5.82 Å². The molecule has 0 spiro atoms. The van der Waals surface area contributed by atoms with E-state index >= 15 is 0 Å². The van der Waals surface area contributed by atoms with Crippen LogP contribution < -0.4 is 4.90 Å². The first-order valence-corrected chi connectivity index (χ1v) is 13.2. The highest BCUT2D eigenvalue weighted by atomic mass is 16.2. The minimum Gasteiger partial charge on any atom is -0.352 e. The largest absolute Gasteiger partial charge is 0.352 e. The second-order valence-electron chi connectivity index (χ2n) is 9.78. The second kappa shape index (κ2) is 10.9. The highest BCUT2D eigenvalue weighted by Crippen LogP contribution is 2.29. The lowest BCUT2D eigenvalue weighted by molar-refractivity contribution is -0.131. The van der Waals surface area contributed by atoms with Gasteiger partial charge in [-0.1, -0.05) is 97.1 Å². The molecule has 5 aromatic rings. The van der Waals surface area contributed by atoms with Crippen LogP contribution in [0.25, 0.3) is 22.0 Å². The summed E-state index contributed by atoms with van der Waals surface area (Å²) in [5.74, 6) is 1.10. The molecule has 2 heterocycles. The lowest BCUT2D eigenvalue weighted by Crippen LogP contribution is -2.49. The fraction of sp³-hybridized carbons (Fsp3) is 0.182. The lowest BCUT2D eigenvalue weighted by atomic mass is 9.88. The maximum absolute atomic E-state index is 13.4. The number of fused-ring (bicyclic) bond motifs is 1. The maximum atomic E-state index is 13.4. The van der Waals surface area contributed by atoms with Gasteiger partial charge in [-0.05, 0) is 40.1 Å². The molecule has 5 heteroatoms. The topological polar surface area (TPSA) is 49.3 Å². The predicted molar refractivity (Wildman–Crippen MR) is 153 cm³/mol. The van der Waals surface area contributed by atoms with Crippen molar-refractivity contribution < 1.29 is 4.79 Å². The van der Waals surface area contributed by atoms with Crippen molar-refractivity contribution in [1.82, 2.24) is 15.1 Å². The summed E-state index contributed by atoms with van der Waals surface area (Å²) >= 11 is 0. The summed E-state index contributed by atoms with van der Waals surface area (Å²) in [6, 6.07) is 39.4. The number of rotatable bonds is 6. The van der Waals surface area contributed by atoms with E-state index in [0.717, 1.165) is 30.2 Å². The van der Waals surface area contributed by atoms with Crippen molar-refractivity contribution in [3.8, 4) is 11.3 Å². The Balaban J connectivity index is 1.10. The van der Waals surface area contributed by atoms with Crippen molar-refractivity contribution >= 4 is 22.5 Å². The van der Waals surface area contributed by atoms with Gasteiger partial charge in [0.2, 0.25) is 5.91 Å². The number of hydrogen-bond donors (Lipinski definition) is 0. The molecule has 1 amide bonds. The van der Waals surface area contributed by atoms with Crippen LogP contribution in [0.5, 0.6) is 0 Å². The number of piperazine rings is 1. The van der Waals surface area contributed by atoms with Crippen molar-refractivity contribution in [2.45, 2.75) is 12.3 Å². The van der Waals surface area contributed by atoms with Gasteiger partial charge in [-0.15, -0.1) is 10.2 Å². The molecule has 188 valence electrons. The number of benzene rings is 4. The molecule has 0 N–H and O–H groups in total. The number of anilines is 1. The SMILES string of the molecule is O=C(CC(c1ccccc1)c1ccccc1)N1CCN(c2ccc(-c3ccc4ccccc4c3)nn2)CC1. The van der Waals surface area contributed by atoms with Crippen LogP contribution in [0.15, 0.2) is 115 Å². The zero-order valence-electron chi connectivity index (χ0n) is 21.3. The van der Waals surface area contributed by atoms with Crippen LogP contribution in [-0.4, -0.2) is 47.2 Å². The standard InChI is InChI=1S/C33H30N4O/c38-33(24-30(26-10-3-1-4-11-26)27-12-5-2-6-13-27)37-21-19-36(20-22-37)32-18-17-31(34-35-32)29-16-15-25-9-7-8-14-28(25)23-29/h1-18,23,30H,19-22,24H2. The van der Waals surface area contributed by atoms with E-state index in [-0.39, 0.29) is 11.8 Å². The summed E-state index contributed by atoms with van der Waals surface area (Å²) in [6.07, 6.45) is 0.467. The van der Waals surface area contributed by atoms with Crippen LogP contribution >= 0.6 is 0 Å². The summed E-state index contributed by atoms with van der Waals surface area (Å²) in [5.41, 5.74) is 4.27. The molecular formula is C33H30N4O. The third kappa shape index (κ3) is 5.14. The lowest BCUT2D eigenvalue weighted by Gasteiger charge is -2.36. The number of hydrogen-bond acceptors (Lipinski definition) is 4. The van der Waals surface area contributed by atoms with Crippen LogP contribution in [0.3, 0.4) is 0 Å². The van der Waals surface area contributed by atoms with E-state index in [2.05, 4.69) is 81.8 Å². The van der Waals surface area contributed by atoms with Gasteiger partial charge in [0.1, 0.15) is 0 Å². The molecule has 0 unspecified atom stereocenters.